The number of rotatable bonds is 14. The maximum Gasteiger partial charge on any atom is 0.326 e. The monoisotopic (exact) mass is 528 g/mol. The van der Waals surface area contributed by atoms with Crippen LogP contribution in [0.15, 0.2) is 0 Å². The number of nitrogens with two attached hydrogens (primary N) is 1. The van der Waals surface area contributed by atoms with Crippen molar-refractivity contribution < 1.29 is 33.9 Å². The van der Waals surface area contributed by atoms with Crippen molar-refractivity contribution in [2.24, 2.45) is 23.5 Å². The molecule has 5 amide bonds. The van der Waals surface area contributed by atoms with Gasteiger partial charge < -0.3 is 37.4 Å². The number of nitrogens with one attached hydrogen (secondary N) is 5. The second-order valence-corrected chi connectivity index (χ2v) is 10.3. The molecule has 0 aromatic heterocycles. The third-order valence-electron chi connectivity index (χ3n) is 5.64. The summed E-state index contributed by atoms with van der Waals surface area (Å²) in [6.07, 6.45) is 0. The molecule has 0 fully saturated rings. The molecular weight excluding hydrogens is 484 g/mol. The van der Waals surface area contributed by atoms with Crippen LogP contribution in [0.5, 0.6) is 0 Å². The quantitative estimate of drug-likeness (QED) is 0.146. The number of carbonyl (C=O) groups is 6. The molecule has 0 saturated carbocycles. The zero-order valence-corrected chi connectivity index (χ0v) is 23.2. The maximum absolute atomic E-state index is 13.1. The van der Waals surface area contributed by atoms with E-state index in [0.29, 0.717) is 0 Å². The molecule has 0 bridgehead atoms. The van der Waals surface area contributed by atoms with Gasteiger partial charge in [0.2, 0.25) is 29.5 Å². The van der Waals surface area contributed by atoms with Crippen LogP contribution in [0.4, 0.5) is 0 Å². The van der Waals surface area contributed by atoms with Gasteiger partial charge in [0.05, 0.1) is 6.04 Å². The molecule has 0 spiro atoms. The summed E-state index contributed by atoms with van der Waals surface area (Å²) in [5, 5.41) is 21.9. The number of aliphatic carboxylic acids is 1. The van der Waals surface area contributed by atoms with Gasteiger partial charge in [0.1, 0.15) is 30.2 Å². The van der Waals surface area contributed by atoms with Gasteiger partial charge in [0, 0.05) is 0 Å². The fourth-order valence-corrected chi connectivity index (χ4v) is 3.16. The lowest BCUT2D eigenvalue weighted by atomic mass is 9.98. The minimum absolute atomic E-state index is 0.375. The lowest BCUT2D eigenvalue weighted by Crippen LogP contribution is -2.60. The van der Waals surface area contributed by atoms with Crippen LogP contribution in [0.3, 0.4) is 0 Å². The Kier molecular flexibility index (Phi) is 13.8. The molecule has 0 saturated heterocycles. The number of carboxylic acids is 1. The van der Waals surface area contributed by atoms with Gasteiger partial charge >= 0.3 is 5.97 Å². The van der Waals surface area contributed by atoms with Gasteiger partial charge in [0.15, 0.2) is 0 Å². The smallest absolute Gasteiger partial charge is 0.326 e. The molecule has 0 aliphatic carbocycles. The van der Waals surface area contributed by atoms with Gasteiger partial charge in [-0.1, -0.05) is 41.5 Å². The van der Waals surface area contributed by atoms with Gasteiger partial charge in [-0.05, 0) is 38.5 Å². The minimum Gasteiger partial charge on any atom is -0.480 e. The highest BCUT2D eigenvalue weighted by atomic mass is 16.4. The molecular formula is C24H44N6O7. The molecule has 6 atom stereocenters. The standard InChI is InChI=1S/C24H44N6O7/c1-10(2)16(28-21(33)15(9)27-20(32)14(8)26-19(31)13(7)25)22(34)29-17(11(3)4)23(35)30-18(12(5)6)24(36)37/h10-18H,25H2,1-9H3,(H,26,31)(H,27,32)(H,28,33)(H,29,34)(H,30,35)(H,36,37)/t13-,14-,15-,16-,17-,18-/m0/s1. The molecule has 0 aliphatic heterocycles. The first-order chi connectivity index (χ1) is 16.9. The molecule has 0 radical (unpaired) electrons. The maximum atomic E-state index is 13.1. The first-order valence-corrected chi connectivity index (χ1v) is 12.4. The molecule has 13 heteroatoms. The van der Waals surface area contributed by atoms with Gasteiger partial charge in [-0.3, -0.25) is 24.0 Å². The van der Waals surface area contributed by atoms with E-state index in [1.54, 1.807) is 41.5 Å². The Labute approximate surface area is 218 Å². The number of amides is 5. The zero-order chi connectivity index (χ0) is 29.2. The Bertz CT molecular complexity index is 843. The average Bonchev–Trinajstić information content (AvgIpc) is 2.77. The topological polar surface area (TPSA) is 209 Å². The molecule has 0 heterocycles. The van der Waals surface area contributed by atoms with Gasteiger partial charge in [-0.15, -0.1) is 0 Å². The molecule has 0 aromatic carbocycles. The molecule has 8 N–H and O–H groups in total. The summed E-state index contributed by atoms with van der Waals surface area (Å²) in [4.78, 5) is 74.1. The molecule has 37 heavy (non-hydrogen) atoms. The highest BCUT2D eigenvalue weighted by Crippen LogP contribution is 2.09. The van der Waals surface area contributed by atoms with Gasteiger partial charge in [-0.2, -0.15) is 0 Å². The van der Waals surface area contributed by atoms with E-state index >= 15 is 0 Å². The summed E-state index contributed by atoms with van der Waals surface area (Å²) in [5.74, 6) is -5.39. The van der Waals surface area contributed by atoms with E-state index in [1.165, 1.54) is 20.8 Å². The van der Waals surface area contributed by atoms with Crippen LogP contribution in [0.1, 0.15) is 62.3 Å². The van der Waals surface area contributed by atoms with Crippen molar-refractivity contribution in [2.75, 3.05) is 0 Å². The summed E-state index contributed by atoms with van der Waals surface area (Å²) in [6.45, 7) is 14.4. The summed E-state index contributed by atoms with van der Waals surface area (Å²) in [7, 11) is 0. The highest BCUT2D eigenvalue weighted by Gasteiger charge is 2.34. The van der Waals surface area contributed by atoms with Crippen LogP contribution >= 0.6 is 0 Å². The van der Waals surface area contributed by atoms with Crippen LogP contribution in [-0.4, -0.2) is 76.9 Å². The molecule has 0 unspecified atom stereocenters. The predicted molar refractivity (Wildman–Crippen MR) is 137 cm³/mol. The van der Waals surface area contributed by atoms with Crippen molar-refractivity contribution in [3.63, 3.8) is 0 Å². The lowest BCUT2D eigenvalue weighted by molar-refractivity contribution is -0.144. The van der Waals surface area contributed by atoms with E-state index in [-0.39, 0.29) is 17.8 Å². The summed E-state index contributed by atoms with van der Waals surface area (Å²) in [6, 6.07) is -6.00. The Morgan fingerprint density at radius 1 is 0.486 bits per heavy atom. The first-order valence-electron chi connectivity index (χ1n) is 12.4. The van der Waals surface area contributed by atoms with E-state index in [4.69, 9.17) is 5.73 Å². The number of carbonyl (C=O) groups excluding carboxylic acids is 5. The SMILES string of the molecule is CC(C)[C@H](NC(=O)[C@@H](NC(=O)[C@@H](NC(=O)[C@H](C)NC(=O)[C@H](C)NC(=O)[C@H](C)N)C(C)C)C(C)C)C(=O)O. The second kappa shape index (κ2) is 15.1. The van der Waals surface area contributed by atoms with Gasteiger partial charge in [0.25, 0.3) is 0 Å². The summed E-state index contributed by atoms with van der Waals surface area (Å²) >= 11 is 0. The average molecular weight is 529 g/mol. The van der Waals surface area contributed by atoms with E-state index in [1.807, 2.05) is 0 Å². The molecule has 0 aliphatic rings. The third kappa shape index (κ3) is 11.1. The fraction of sp³-hybridized carbons (Fsp3) is 0.750. The predicted octanol–water partition coefficient (Wildman–Crippen LogP) is -1.15. The Morgan fingerprint density at radius 2 is 0.784 bits per heavy atom. The van der Waals surface area contributed by atoms with Crippen molar-refractivity contribution in [3.8, 4) is 0 Å². The molecule has 0 aromatic rings. The normalized spacial score (nSPS) is 16.1. The zero-order valence-electron chi connectivity index (χ0n) is 23.2. The van der Waals surface area contributed by atoms with Crippen molar-refractivity contribution in [2.45, 2.75) is 98.6 Å². The Hall–Kier alpha value is -3.22. The van der Waals surface area contributed by atoms with Crippen molar-refractivity contribution in [1.29, 1.82) is 0 Å². The fourth-order valence-electron chi connectivity index (χ4n) is 3.16. The molecule has 212 valence electrons. The van der Waals surface area contributed by atoms with Crippen molar-refractivity contribution >= 4 is 35.5 Å². The van der Waals surface area contributed by atoms with Crippen LogP contribution in [0.2, 0.25) is 0 Å². The lowest BCUT2D eigenvalue weighted by Gasteiger charge is -2.29. The summed E-state index contributed by atoms with van der Waals surface area (Å²) < 4.78 is 0. The Balaban J connectivity index is 5.36. The van der Waals surface area contributed by atoms with E-state index < -0.39 is 71.8 Å². The van der Waals surface area contributed by atoms with Crippen LogP contribution in [0, 0.1) is 17.8 Å². The van der Waals surface area contributed by atoms with E-state index in [0.717, 1.165) is 0 Å². The largest absolute Gasteiger partial charge is 0.480 e. The van der Waals surface area contributed by atoms with Crippen LogP contribution in [-0.2, 0) is 28.8 Å². The summed E-state index contributed by atoms with van der Waals surface area (Å²) in [5.41, 5.74) is 5.47. The highest BCUT2D eigenvalue weighted by molar-refractivity contribution is 5.96. The van der Waals surface area contributed by atoms with Crippen molar-refractivity contribution in [1.82, 2.24) is 26.6 Å². The first kappa shape index (κ1) is 33.8. The molecule has 13 nitrogen and oxygen atoms in total. The Morgan fingerprint density at radius 3 is 1.11 bits per heavy atom. The number of carboxylic acid groups (broad SMARTS) is 1. The van der Waals surface area contributed by atoms with Crippen LogP contribution < -0.4 is 32.3 Å². The third-order valence-corrected chi connectivity index (χ3v) is 5.64. The minimum atomic E-state index is -1.19. The number of hydrogen-bond donors (Lipinski definition) is 7. The second-order valence-electron chi connectivity index (χ2n) is 10.3. The van der Waals surface area contributed by atoms with E-state index in [9.17, 15) is 33.9 Å². The van der Waals surface area contributed by atoms with Crippen molar-refractivity contribution in [3.05, 3.63) is 0 Å². The van der Waals surface area contributed by atoms with Crippen LogP contribution in [0.25, 0.3) is 0 Å². The van der Waals surface area contributed by atoms with E-state index in [2.05, 4.69) is 26.6 Å². The molecule has 0 rings (SSSR count). The number of hydrogen-bond acceptors (Lipinski definition) is 7. The van der Waals surface area contributed by atoms with Gasteiger partial charge in [-0.25, -0.2) is 4.79 Å².